The highest BCUT2D eigenvalue weighted by Crippen LogP contribution is 2.20. The molecule has 2 aromatic carbocycles. The van der Waals surface area contributed by atoms with Crippen LogP contribution in [0.1, 0.15) is 22.3 Å². The summed E-state index contributed by atoms with van der Waals surface area (Å²) in [5.74, 6) is 0. The van der Waals surface area contributed by atoms with E-state index in [1.807, 2.05) is 6.07 Å². The topological polar surface area (TPSA) is 30.9 Å². The summed E-state index contributed by atoms with van der Waals surface area (Å²) < 4.78 is 2.25. The summed E-state index contributed by atoms with van der Waals surface area (Å²) in [5.41, 5.74) is 11.8. The van der Waals surface area contributed by atoms with Crippen LogP contribution in [0.3, 0.4) is 0 Å². The molecule has 2 N–H and O–H groups in total. The van der Waals surface area contributed by atoms with Crippen molar-refractivity contribution in [3.8, 4) is 0 Å². The van der Waals surface area contributed by atoms with Gasteiger partial charge in [0, 0.05) is 23.8 Å². The van der Waals surface area contributed by atoms with Crippen molar-refractivity contribution in [3.63, 3.8) is 0 Å². The zero-order valence-electron chi connectivity index (χ0n) is 12.3. The van der Waals surface area contributed by atoms with Gasteiger partial charge in [-0.2, -0.15) is 0 Å². The number of aryl methyl sites for hydroxylation is 2. The van der Waals surface area contributed by atoms with E-state index in [9.17, 15) is 0 Å². The van der Waals surface area contributed by atoms with Crippen LogP contribution in [0.15, 0.2) is 48.7 Å². The Hall–Kier alpha value is -2.13. The molecule has 3 rings (SSSR count). The molecule has 3 aromatic rings. The van der Waals surface area contributed by atoms with Gasteiger partial charge >= 0.3 is 0 Å². The molecule has 0 unspecified atom stereocenters. The number of nitrogens with two attached hydrogens (primary N) is 1. The first-order valence-electron chi connectivity index (χ1n) is 6.99. The van der Waals surface area contributed by atoms with Crippen LogP contribution in [0.2, 0.25) is 0 Å². The summed E-state index contributed by atoms with van der Waals surface area (Å²) in [6.45, 7) is 5.14. The number of thiocarbonyl (C=S) groups is 1. The van der Waals surface area contributed by atoms with Gasteiger partial charge in [0.05, 0.1) is 0 Å². The van der Waals surface area contributed by atoms with Crippen LogP contribution < -0.4 is 5.73 Å². The molecule has 1 aromatic heterocycles. The van der Waals surface area contributed by atoms with Crippen molar-refractivity contribution in [2.45, 2.75) is 20.4 Å². The number of hydrogen-bond acceptors (Lipinski definition) is 1. The molecule has 0 fully saturated rings. The number of aromatic nitrogens is 1. The highest BCUT2D eigenvalue weighted by molar-refractivity contribution is 7.80. The molecule has 0 bridgehead atoms. The molecule has 3 heteroatoms. The zero-order chi connectivity index (χ0) is 15.0. The van der Waals surface area contributed by atoms with Crippen molar-refractivity contribution in [2.24, 2.45) is 5.73 Å². The van der Waals surface area contributed by atoms with Crippen molar-refractivity contribution >= 4 is 28.1 Å². The van der Waals surface area contributed by atoms with E-state index < -0.39 is 0 Å². The van der Waals surface area contributed by atoms with E-state index >= 15 is 0 Å². The van der Waals surface area contributed by atoms with Crippen LogP contribution in [-0.2, 0) is 6.54 Å². The minimum Gasteiger partial charge on any atom is -0.389 e. The van der Waals surface area contributed by atoms with Crippen LogP contribution in [-0.4, -0.2) is 9.56 Å². The second kappa shape index (κ2) is 5.34. The first-order chi connectivity index (χ1) is 10.0. The van der Waals surface area contributed by atoms with Crippen LogP contribution in [0.5, 0.6) is 0 Å². The summed E-state index contributed by atoms with van der Waals surface area (Å²) in [7, 11) is 0. The Bertz CT molecular complexity index is 830. The molecule has 0 aliphatic carbocycles. The van der Waals surface area contributed by atoms with Gasteiger partial charge in [-0.3, -0.25) is 0 Å². The lowest BCUT2D eigenvalue weighted by atomic mass is 10.1. The molecule has 106 valence electrons. The molecular weight excluding hydrogens is 276 g/mol. The Morgan fingerprint density at radius 1 is 1.10 bits per heavy atom. The minimum atomic E-state index is 0.441. The summed E-state index contributed by atoms with van der Waals surface area (Å²) in [4.78, 5) is 0.441. The lowest BCUT2D eigenvalue weighted by Gasteiger charge is -2.10. The summed E-state index contributed by atoms with van der Waals surface area (Å²) >= 11 is 5.08. The van der Waals surface area contributed by atoms with Gasteiger partial charge in [-0.25, -0.2) is 0 Å². The fourth-order valence-corrected chi connectivity index (χ4v) is 2.76. The lowest BCUT2D eigenvalue weighted by Crippen LogP contribution is -2.09. The van der Waals surface area contributed by atoms with E-state index in [1.54, 1.807) is 0 Å². The molecule has 0 amide bonds. The molecule has 0 radical (unpaired) electrons. The maximum Gasteiger partial charge on any atom is 0.104 e. The van der Waals surface area contributed by atoms with Crippen molar-refractivity contribution < 1.29 is 0 Å². The van der Waals surface area contributed by atoms with E-state index in [0.29, 0.717) is 4.99 Å². The highest BCUT2D eigenvalue weighted by atomic mass is 32.1. The van der Waals surface area contributed by atoms with Gasteiger partial charge in [0.1, 0.15) is 4.99 Å². The van der Waals surface area contributed by atoms with Crippen LogP contribution in [0.4, 0.5) is 0 Å². The maximum atomic E-state index is 5.74. The van der Waals surface area contributed by atoms with E-state index in [4.69, 9.17) is 18.0 Å². The van der Waals surface area contributed by atoms with Crippen LogP contribution in [0, 0.1) is 13.8 Å². The average molecular weight is 294 g/mol. The minimum absolute atomic E-state index is 0.441. The van der Waals surface area contributed by atoms with Crippen molar-refractivity contribution in [1.82, 2.24) is 4.57 Å². The lowest BCUT2D eigenvalue weighted by molar-refractivity contribution is 0.829. The fourth-order valence-electron chi connectivity index (χ4n) is 2.63. The van der Waals surface area contributed by atoms with E-state index in [1.165, 1.54) is 27.6 Å². The highest BCUT2D eigenvalue weighted by Gasteiger charge is 2.06. The monoisotopic (exact) mass is 294 g/mol. The number of hydrogen-bond donors (Lipinski definition) is 1. The number of nitrogens with zero attached hydrogens (tertiary/aromatic N) is 1. The molecular formula is C18H18N2S. The first kappa shape index (κ1) is 13.8. The Kier molecular flexibility index (Phi) is 3.52. The molecule has 1 heterocycles. The van der Waals surface area contributed by atoms with E-state index in [0.717, 1.165) is 12.1 Å². The second-order valence-corrected chi connectivity index (χ2v) is 5.95. The molecule has 0 saturated carbocycles. The van der Waals surface area contributed by atoms with Gasteiger partial charge in [-0.15, -0.1) is 0 Å². The molecule has 0 spiro atoms. The van der Waals surface area contributed by atoms with Crippen LogP contribution in [0.25, 0.3) is 10.9 Å². The molecule has 2 nitrogen and oxygen atoms in total. The maximum absolute atomic E-state index is 5.74. The molecule has 0 atom stereocenters. The van der Waals surface area contributed by atoms with Crippen molar-refractivity contribution in [1.29, 1.82) is 0 Å². The first-order valence-corrected chi connectivity index (χ1v) is 7.40. The van der Waals surface area contributed by atoms with E-state index in [-0.39, 0.29) is 0 Å². The van der Waals surface area contributed by atoms with Gasteiger partial charge in [-0.1, -0.05) is 48.1 Å². The van der Waals surface area contributed by atoms with Gasteiger partial charge in [0.2, 0.25) is 0 Å². The predicted octanol–water partition coefficient (Wildman–Crippen LogP) is 3.94. The quantitative estimate of drug-likeness (QED) is 0.742. The van der Waals surface area contributed by atoms with Gasteiger partial charge in [0.15, 0.2) is 0 Å². The van der Waals surface area contributed by atoms with Gasteiger partial charge < -0.3 is 10.3 Å². The molecule has 0 saturated heterocycles. The van der Waals surface area contributed by atoms with Gasteiger partial charge in [0.25, 0.3) is 0 Å². The van der Waals surface area contributed by atoms with Gasteiger partial charge in [-0.05, 0) is 42.5 Å². The van der Waals surface area contributed by atoms with E-state index in [2.05, 4.69) is 61.0 Å². The predicted molar refractivity (Wildman–Crippen MR) is 92.8 cm³/mol. The summed E-state index contributed by atoms with van der Waals surface area (Å²) in [6, 6.07) is 14.8. The third-order valence-electron chi connectivity index (χ3n) is 3.90. The summed E-state index contributed by atoms with van der Waals surface area (Å²) in [5, 5.41) is 1.21. The Labute approximate surface area is 130 Å². The zero-order valence-corrected chi connectivity index (χ0v) is 13.1. The second-order valence-electron chi connectivity index (χ2n) is 5.51. The number of benzene rings is 2. The third kappa shape index (κ3) is 2.69. The average Bonchev–Trinajstić information content (AvgIpc) is 2.85. The Morgan fingerprint density at radius 2 is 1.90 bits per heavy atom. The number of rotatable bonds is 3. The fraction of sp³-hybridized carbons (Fsp3) is 0.167. The smallest absolute Gasteiger partial charge is 0.104 e. The Balaban J connectivity index is 2.06. The number of fused-ring (bicyclic) bond motifs is 1. The third-order valence-corrected chi connectivity index (χ3v) is 4.14. The Morgan fingerprint density at radius 3 is 2.67 bits per heavy atom. The normalized spacial score (nSPS) is 11.0. The SMILES string of the molecule is Cc1ccc(C)c(Cn2ccc3ccc(C(N)=S)cc32)c1. The van der Waals surface area contributed by atoms with Crippen LogP contribution >= 0.6 is 12.2 Å². The summed E-state index contributed by atoms with van der Waals surface area (Å²) in [6.07, 6.45) is 2.12. The standard InChI is InChI=1S/C18H18N2S/c1-12-3-4-13(2)16(9-12)11-20-8-7-14-5-6-15(18(19)21)10-17(14)20/h3-10H,11H2,1-2H3,(H2,19,21). The van der Waals surface area contributed by atoms with Crippen molar-refractivity contribution in [3.05, 3.63) is 70.9 Å². The molecule has 21 heavy (non-hydrogen) atoms. The molecule has 0 aliphatic heterocycles. The largest absolute Gasteiger partial charge is 0.389 e. The van der Waals surface area contributed by atoms with Crippen molar-refractivity contribution in [2.75, 3.05) is 0 Å². The molecule has 0 aliphatic rings.